The van der Waals surface area contributed by atoms with Crippen molar-refractivity contribution in [1.29, 1.82) is 0 Å². The Bertz CT molecular complexity index is 1020. The molecule has 1 heterocycles. The van der Waals surface area contributed by atoms with Gasteiger partial charge in [-0.2, -0.15) is 0 Å². The Morgan fingerprint density at radius 1 is 1.03 bits per heavy atom. The molecule has 10 heteroatoms. The average molecular weight is 483 g/mol. The van der Waals surface area contributed by atoms with Crippen LogP contribution in [-0.2, 0) is 24.2 Å². The number of hydrogen-bond acceptors (Lipinski definition) is 6. The number of carbonyl (C=O) groups excluding carboxylic acids is 1. The maximum absolute atomic E-state index is 12.7. The minimum Gasteiger partial charge on any atom is -0.372 e. The van der Waals surface area contributed by atoms with Crippen LogP contribution in [0.5, 0.6) is 0 Å². The molecule has 0 spiro atoms. The number of sulfonamides is 1. The van der Waals surface area contributed by atoms with Gasteiger partial charge in [-0.3, -0.25) is 4.79 Å². The van der Waals surface area contributed by atoms with Gasteiger partial charge in [0.15, 0.2) is 5.79 Å². The molecule has 0 bridgehead atoms. The summed E-state index contributed by atoms with van der Waals surface area (Å²) in [4.78, 5) is 12.5. The summed E-state index contributed by atoms with van der Waals surface area (Å²) in [6.45, 7) is 4.07. The van der Waals surface area contributed by atoms with Crippen molar-refractivity contribution in [3.05, 3.63) is 65.2 Å². The molecule has 3 rings (SSSR count). The smallest absolute Gasteiger partial charge is 0.251 e. The van der Waals surface area contributed by atoms with Gasteiger partial charge < -0.3 is 19.5 Å². The van der Waals surface area contributed by atoms with Gasteiger partial charge in [0.25, 0.3) is 5.91 Å². The molecule has 2 aromatic rings. The molecule has 0 aliphatic carbocycles. The number of nitrogens with one attached hydrogen (secondary N) is 2. The van der Waals surface area contributed by atoms with E-state index in [1.54, 1.807) is 50.2 Å². The highest BCUT2D eigenvalue weighted by molar-refractivity contribution is 7.89. The molecule has 32 heavy (non-hydrogen) atoms. The van der Waals surface area contributed by atoms with Crippen LogP contribution in [-0.4, -0.2) is 58.6 Å². The molecule has 1 amide bonds. The van der Waals surface area contributed by atoms with Crippen LogP contribution in [0, 0.1) is 0 Å². The number of amides is 1. The van der Waals surface area contributed by atoms with Crippen LogP contribution in [0.2, 0.25) is 5.02 Å². The molecule has 2 atom stereocenters. The minimum absolute atomic E-state index is 0.0222. The van der Waals surface area contributed by atoms with Crippen LogP contribution in [0.4, 0.5) is 0 Å². The van der Waals surface area contributed by atoms with Crippen LogP contribution in [0.15, 0.2) is 59.5 Å². The Balaban J connectivity index is 1.72. The second-order valence-electron chi connectivity index (χ2n) is 7.67. The van der Waals surface area contributed by atoms with Gasteiger partial charge in [-0.15, -0.1) is 0 Å². The standard InChI is InChI=1S/C22H27ClN2O6S/c1-22(2)30-13-12-29-18(15-25-32(27,28)20-11-7-6-10-17(20)23)19(31-22)14-24-21(26)16-8-4-3-5-9-16/h3-11,18-19,25H,12-15H2,1-2H3,(H,24,26)/t18-,19+/m1/s1. The molecule has 2 aromatic carbocycles. The van der Waals surface area contributed by atoms with Crippen molar-refractivity contribution in [3.63, 3.8) is 0 Å². The molecule has 1 aliphatic rings. The first-order valence-corrected chi connectivity index (χ1v) is 12.0. The molecular formula is C22H27ClN2O6S. The van der Waals surface area contributed by atoms with E-state index in [4.69, 9.17) is 25.8 Å². The van der Waals surface area contributed by atoms with Gasteiger partial charge in [-0.25, -0.2) is 13.1 Å². The van der Waals surface area contributed by atoms with Gasteiger partial charge in [-0.1, -0.05) is 41.9 Å². The van der Waals surface area contributed by atoms with Crippen molar-refractivity contribution in [3.8, 4) is 0 Å². The zero-order valence-corrected chi connectivity index (χ0v) is 19.5. The van der Waals surface area contributed by atoms with E-state index in [9.17, 15) is 13.2 Å². The number of ether oxygens (including phenoxy) is 3. The third kappa shape index (κ3) is 6.74. The fourth-order valence-corrected chi connectivity index (χ4v) is 4.81. The van der Waals surface area contributed by atoms with E-state index in [1.165, 1.54) is 12.1 Å². The molecule has 0 saturated carbocycles. The normalized spacial score (nSPS) is 21.3. The summed E-state index contributed by atoms with van der Waals surface area (Å²) in [5.41, 5.74) is 0.505. The quantitative estimate of drug-likeness (QED) is 0.628. The first kappa shape index (κ1) is 24.6. The summed E-state index contributed by atoms with van der Waals surface area (Å²) in [6, 6.07) is 14.9. The van der Waals surface area contributed by atoms with Crippen LogP contribution in [0.1, 0.15) is 24.2 Å². The largest absolute Gasteiger partial charge is 0.372 e. The lowest BCUT2D eigenvalue weighted by Crippen LogP contribution is -2.52. The number of carbonyl (C=O) groups is 1. The maximum Gasteiger partial charge on any atom is 0.251 e. The van der Waals surface area contributed by atoms with Crippen molar-refractivity contribution in [2.45, 2.75) is 36.7 Å². The third-order valence-corrected chi connectivity index (χ3v) is 6.74. The summed E-state index contributed by atoms with van der Waals surface area (Å²) < 4.78 is 45.6. The second-order valence-corrected chi connectivity index (χ2v) is 9.81. The van der Waals surface area contributed by atoms with E-state index in [2.05, 4.69) is 10.0 Å². The SMILES string of the molecule is CC1(C)OCCO[C@H](CNS(=O)(=O)c2ccccc2Cl)[C@H](CNC(=O)c2ccccc2)O1. The minimum atomic E-state index is -3.87. The molecular weight excluding hydrogens is 456 g/mol. The van der Waals surface area contributed by atoms with Crippen LogP contribution >= 0.6 is 11.6 Å². The van der Waals surface area contributed by atoms with Crippen molar-refractivity contribution in [2.24, 2.45) is 0 Å². The molecule has 1 fully saturated rings. The Morgan fingerprint density at radius 2 is 1.72 bits per heavy atom. The Kier molecular flexibility index (Phi) is 8.26. The predicted molar refractivity (Wildman–Crippen MR) is 120 cm³/mol. The Morgan fingerprint density at radius 3 is 2.44 bits per heavy atom. The lowest BCUT2D eigenvalue weighted by Gasteiger charge is -2.37. The molecule has 174 valence electrons. The highest BCUT2D eigenvalue weighted by Crippen LogP contribution is 2.22. The lowest BCUT2D eigenvalue weighted by molar-refractivity contribution is -0.277. The summed E-state index contributed by atoms with van der Waals surface area (Å²) >= 11 is 6.05. The summed E-state index contributed by atoms with van der Waals surface area (Å²) in [5, 5.41) is 2.95. The van der Waals surface area contributed by atoms with Gasteiger partial charge in [0, 0.05) is 18.7 Å². The van der Waals surface area contributed by atoms with Gasteiger partial charge in [-0.05, 0) is 38.1 Å². The zero-order chi connectivity index (χ0) is 23.2. The topological polar surface area (TPSA) is 103 Å². The third-order valence-electron chi connectivity index (χ3n) is 4.82. The summed E-state index contributed by atoms with van der Waals surface area (Å²) in [5.74, 6) is -1.21. The lowest BCUT2D eigenvalue weighted by atomic mass is 10.1. The molecule has 1 saturated heterocycles. The fourth-order valence-electron chi connectivity index (χ4n) is 3.25. The Hall–Kier alpha value is -2.01. The van der Waals surface area contributed by atoms with Crippen molar-refractivity contribution in [1.82, 2.24) is 10.0 Å². The first-order chi connectivity index (χ1) is 15.2. The van der Waals surface area contributed by atoms with Crippen molar-refractivity contribution in [2.75, 3.05) is 26.3 Å². The molecule has 0 aromatic heterocycles. The summed E-state index contributed by atoms with van der Waals surface area (Å²) in [7, 11) is -3.87. The van der Waals surface area contributed by atoms with E-state index in [0.717, 1.165) is 0 Å². The maximum atomic E-state index is 12.7. The highest BCUT2D eigenvalue weighted by atomic mass is 35.5. The van der Waals surface area contributed by atoms with Crippen LogP contribution in [0.25, 0.3) is 0 Å². The van der Waals surface area contributed by atoms with Crippen molar-refractivity contribution < 1.29 is 27.4 Å². The molecule has 0 unspecified atom stereocenters. The van der Waals surface area contributed by atoms with Gasteiger partial charge >= 0.3 is 0 Å². The molecule has 1 aliphatic heterocycles. The Labute approximate surface area is 193 Å². The second kappa shape index (κ2) is 10.7. The van der Waals surface area contributed by atoms with Crippen molar-refractivity contribution >= 4 is 27.5 Å². The highest BCUT2D eigenvalue weighted by Gasteiger charge is 2.34. The van der Waals surface area contributed by atoms with E-state index in [1.807, 2.05) is 6.07 Å². The van der Waals surface area contributed by atoms with E-state index >= 15 is 0 Å². The van der Waals surface area contributed by atoms with Gasteiger partial charge in [0.1, 0.15) is 11.0 Å². The van der Waals surface area contributed by atoms with Gasteiger partial charge in [0.2, 0.25) is 10.0 Å². The van der Waals surface area contributed by atoms with Gasteiger partial charge in [0.05, 0.1) is 24.3 Å². The number of halogens is 1. The van der Waals surface area contributed by atoms with E-state index in [0.29, 0.717) is 5.56 Å². The molecule has 8 nitrogen and oxygen atoms in total. The monoisotopic (exact) mass is 482 g/mol. The van der Waals surface area contributed by atoms with E-state index in [-0.39, 0.29) is 42.1 Å². The van der Waals surface area contributed by atoms with Crippen LogP contribution in [0.3, 0.4) is 0 Å². The van der Waals surface area contributed by atoms with Crippen LogP contribution < -0.4 is 10.0 Å². The number of rotatable bonds is 7. The number of benzene rings is 2. The zero-order valence-electron chi connectivity index (χ0n) is 17.9. The molecule has 2 N–H and O–H groups in total. The fraction of sp³-hybridized carbons (Fsp3) is 0.409. The first-order valence-electron chi connectivity index (χ1n) is 10.2. The molecule has 0 radical (unpaired) electrons. The summed E-state index contributed by atoms with van der Waals surface area (Å²) in [6.07, 6.45) is -1.35. The average Bonchev–Trinajstić information content (AvgIpc) is 2.75. The number of hydrogen-bond donors (Lipinski definition) is 2. The van der Waals surface area contributed by atoms with E-state index < -0.39 is 28.0 Å². The predicted octanol–water partition coefficient (Wildman–Crippen LogP) is 2.58.